The summed E-state index contributed by atoms with van der Waals surface area (Å²) in [6, 6.07) is 17.1. The van der Waals surface area contributed by atoms with E-state index in [0.29, 0.717) is 11.3 Å². The van der Waals surface area contributed by atoms with Gasteiger partial charge >= 0.3 is 0 Å². The number of fused-ring (bicyclic) bond motifs is 1. The van der Waals surface area contributed by atoms with E-state index in [4.69, 9.17) is 0 Å². The molecule has 128 valence electrons. The van der Waals surface area contributed by atoms with Crippen molar-refractivity contribution in [2.75, 3.05) is 17.7 Å². The van der Waals surface area contributed by atoms with Crippen LogP contribution < -0.4 is 10.6 Å². The van der Waals surface area contributed by atoms with Crippen LogP contribution in [0.3, 0.4) is 0 Å². The Labute approximate surface area is 150 Å². The number of carbonyl (C=O) groups is 1. The zero-order valence-corrected chi connectivity index (χ0v) is 14.2. The Hall–Kier alpha value is -3.67. The van der Waals surface area contributed by atoms with Crippen LogP contribution in [0.1, 0.15) is 10.4 Å². The number of aromatic nitrogens is 3. The number of nitrogens with one attached hydrogen (secondary N) is 3. The third-order valence-electron chi connectivity index (χ3n) is 4.11. The van der Waals surface area contributed by atoms with Crippen LogP contribution in [-0.2, 0) is 0 Å². The zero-order valence-electron chi connectivity index (χ0n) is 14.2. The van der Waals surface area contributed by atoms with Gasteiger partial charge in [0, 0.05) is 36.4 Å². The zero-order chi connectivity index (χ0) is 17.9. The Balaban J connectivity index is 1.60. The predicted molar refractivity (Wildman–Crippen MR) is 103 cm³/mol. The van der Waals surface area contributed by atoms with Gasteiger partial charge < -0.3 is 15.6 Å². The van der Waals surface area contributed by atoms with Crippen LogP contribution in [0, 0.1) is 0 Å². The third-order valence-corrected chi connectivity index (χ3v) is 4.11. The maximum absolute atomic E-state index is 12.3. The minimum Gasteiger partial charge on any atom is -0.388 e. The fourth-order valence-corrected chi connectivity index (χ4v) is 2.72. The maximum atomic E-state index is 12.3. The van der Waals surface area contributed by atoms with Crippen molar-refractivity contribution in [3.05, 3.63) is 72.6 Å². The SMILES string of the molecule is CNc1ccc(-c2nc3ccc(NC(=O)c4cccnc4)cc3[nH]2)cc1. The maximum Gasteiger partial charge on any atom is 0.257 e. The van der Waals surface area contributed by atoms with E-state index in [1.54, 1.807) is 18.3 Å². The number of nitrogens with zero attached hydrogens (tertiary/aromatic N) is 2. The molecule has 0 fully saturated rings. The number of amides is 1. The molecule has 2 heterocycles. The van der Waals surface area contributed by atoms with E-state index in [1.807, 2.05) is 49.5 Å². The van der Waals surface area contributed by atoms with Crippen molar-refractivity contribution >= 4 is 28.3 Å². The van der Waals surface area contributed by atoms with Gasteiger partial charge in [0.25, 0.3) is 5.91 Å². The molecule has 2 aromatic heterocycles. The topological polar surface area (TPSA) is 82.7 Å². The molecule has 0 aliphatic rings. The van der Waals surface area contributed by atoms with Crippen LogP contribution in [0.25, 0.3) is 22.4 Å². The van der Waals surface area contributed by atoms with Gasteiger partial charge in [0.1, 0.15) is 5.82 Å². The van der Waals surface area contributed by atoms with Crippen molar-refractivity contribution in [2.45, 2.75) is 0 Å². The number of hydrogen-bond donors (Lipinski definition) is 3. The summed E-state index contributed by atoms with van der Waals surface area (Å²) in [5, 5.41) is 5.98. The molecule has 0 saturated heterocycles. The Morgan fingerprint density at radius 1 is 1.04 bits per heavy atom. The second kappa shape index (κ2) is 6.68. The molecule has 0 unspecified atom stereocenters. The van der Waals surface area contributed by atoms with Gasteiger partial charge in [0.15, 0.2) is 0 Å². The molecule has 0 saturated carbocycles. The number of imidazole rings is 1. The van der Waals surface area contributed by atoms with Crippen molar-refractivity contribution in [3.63, 3.8) is 0 Å². The molecule has 26 heavy (non-hydrogen) atoms. The van der Waals surface area contributed by atoms with Crippen molar-refractivity contribution in [3.8, 4) is 11.4 Å². The highest BCUT2D eigenvalue weighted by atomic mass is 16.1. The Morgan fingerprint density at radius 3 is 2.58 bits per heavy atom. The molecule has 3 N–H and O–H groups in total. The summed E-state index contributed by atoms with van der Waals surface area (Å²) in [6.07, 6.45) is 3.18. The minimum atomic E-state index is -0.195. The number of rotatable bonds is 4. The lowest BCUT2D eigenvalue weighted by molar-refractivity contribution is 0.102. The van der Waals surface area contributed by atoms with Crippen LogP contribution in [-0.4, -0.2) is 27.9 Å². The molecule has 2 aromatic carbocycles. The van der Waals surface area contributed by atoms with Gasteiger partial charge in [-0.2, -0.15) is 0 Å². The van der Waals surface area contributed by atoms with E-state index in [2.05, 4.69) is 25.6 Å². The van der Waals surface area contributed by atoms with Crippen LogP contribution in [0.4, 0.5) is 11.4 Å². The summed E-state index contributed by atoms with van der Waals surface area (Å²) in [4.78, 5) is 24.1. The van der Waals surface area contributed by atoms with Gasteiger partial charge in [-0.05, 0) is 54.6 Å². The number of H-pyrrole nitrogens is 1. The normalized spacial score (nSPS) is 10.7. The molecule has 6 nitrogen and oxygen atoms in total. The average Bonchev–Trinajstić information content (AvgIpc) is 3.12. The minimum absolute atomic E-state index is 0.195. The first-order chi connectivity index (χ1) is 12.7. The van der Waals surface area contributed by atoms with Gasteiger partial charge in [-0.1, -0.05) is 0 Å². The van der Waals surface area contributed by atoms with Gasteiger partial charge in [-0.15, -0.1) is 0 Å². The lowest BCUT2D eigenvalue weighted by Crippen LogP contribution is -2.11. The van der Waals surface area contributed by atoms with E-state index in [9.17, 15) is 4.79 Å². The van der Waals surface area contributed by atoms with E-state index >= 15 is 0 Å². The highest BCUT2D eigenvalue weighted by Crippen LogP contribution is 2.24. The van der Waals surface area contributed by atoms with Crippen molar-refractivity contribution < 1.29 is 4.79 Å². The molecule has 0 radical (unpaired) electrons. The fourth-order valence-electron chi connectivity index (χ4n) is 2.72. The molecule has 0 aliphatic carbocycles. The molecule has 0 atom stereocenters. The molecule has 0 bridgehead atoms. The largest absolute Gasteiger partial charge is 0.388 e. The summed E-state index contributed by atoms with van der Waals surface area (Å²) in [5.74, 6) is 0.596. The summed E-state index contributed by atoms with van der Waals surface area (Å²) in [7, 11) is 1.89. The number of carbonyl (C=O) groups excluding carboxylic acids is 1. The molecular formula is C20H17N5O. The first kappa shape index (κ1) is 15.8. The van der Waals surface area contributed by atoms with Crippen molar-refractivity contribution in [1.29, 1.82) is 0 Å². The highest BCUT2D eigenvalue weighted by molar-refractivity contribution is 6.04. The van der Waals surface area contributed by atoms with E-state index in [-0.39, 0.29) is 5.91 Å². The van der Waals surface area contributed by atoms with Crippen molar-refractivity contribution in [2.24, 2.45) is 0 Å². The molecule has 4 aromatic rings. The number of aromatic amines is 1. The summed E-state index contributed by atoms with van der Waals surface area (Å²) >= 11 is 0. The van der Waals surface area contributed by atoms with Crippen LogP contribution in [0.15, 0.2) is 67.0 Å². The number of anilines is 2. The molecule has 0 aliphatic heterocycles. The molecule has 6 heteroatoms. The smallest absolute Gasteiger partial charge is 0.257 e. The number of hydrogen-bond acceptors (Lipinski definition) is 4. The Bertz CT molecular complexity index is 1050. The second-order valence-electron chi connectivity index (χ2n) is 5.84. The Kier molecular flexibility index (Phi) is 4.07. The van der Waals surface area contributed by atoms with E-state index < -0.39 is 0 Å². The van der Waals surface area contributed by atoms with Gasteiger partial charge in [0.05, 0.1) is 16.6 Å². The van der Waals surface area contributed by atoms with Gasteiger partial charge in [-0.3, -0.25) is 9.78 Å². The van der Waals surface area contributed by atoms with Crippen LogP contribution in [0.5, 0.6) is 0 Å². The highest BCUT2D eigenvalue weighted by Gasteiger charge is 2.09. The van der Waals surface area contributed by atoms with Crippen LogP contribution in [0.2, 0.25) is 0 Å². The quantitative estimate of drug-likeness (QED) is 0.524. The second-order valence-corrected chi connectivity index (χ2v) is 5.84. The summed E-state index contributed by atoms with van der Waals surface area (Å²) < 4.78 is 0. The number of pyridine rings is 1. The van der Waals surface area contributed by atoms with Crippen molar-refractivity contribution in [1.82, 2.24) is 15.0 Å². The fraction of sp³-hybridized carbons (Fsp3) is 0.0500. The monoisotopic (exact) mass is 343 g/mol. The lowest BCUT2D eigenvalue weighted by atomic mass is 10.2. The van der Waals surface area contributed by atoms with Gasteiger partial charge in [-0.25, -0.2) is 4.98 Å². The molecular weight excluding hydrogens is 326 g/mol. The Morgan fingerprint density at radius 2 is 1.85 bits per heavy atom. The standard InChI is InChI=1S/C20H17N5O/c1-21-15-6-4-13(5-7-15)19-24-17-9-8-16(11-18(17)25-19)23-20(26)14-3-2-10-22-12-14/h2-12,21H,1H3,(H,23,26)(H,24,25). The summed E-state index contributed by atoms with van der Waals surface area (Å²) in [6.45, 7) is 0. The average molecular weight is 343 g/mol. The molecule has 1 amide bonds. The summed E-state index contributed by atoms with van der Waals surface area (Å²) in [5.41, 5.74) is 4.97. The van der Waals surface area contributed by atoms with Crippen LogP contribution >= 0.6 is 0 Å². The third kappa shape index (κ3) is 3.12. The van der Waals surface area contributed by atoms with E-state index in [0.717, 1.165) is 28.1 Å². The lowest BCUT2D eigenvalue weighted by Gasteiger charge is -2.04. The van der Waals surface area contributed by atoms with Gasteiger partial charge in [0.2, 0.25) is 0 Å². The number of benzene rings is 2. The predicted octanol–water partition coefficient (Wildman–Crippen LogP) is 3.92. The first-order valence-electron chi connectivity index (χ1n) is 8.22. The first-order valence-corrected chi connectivity index (χ1v) is 8.22. The molecule has 4 rings (SSSR count). The van der Waals surface area contributed by atoms with E-state index in [1.165, 1.54) is 6.20 Å². The molecule has 0 spiro atoms.